The van der Waals surface area contributed by atoms with E-state index in [2.05, 4.69) is 11.4 Å². The minimum absolute atomic E-state index is 0.238. The molecule has 7 heteroatoms. The number of hydrogen-bond acceptors (Lipinski definition) is 3. The normalized spacial score (nSPS) is 14.9. The van der Waals surface area contributed by atoms with Gasteiger partial charge in [-0.3, -0.25) is 4.79 Å². The molecule has 1 N–H and O–H groups in total. The first-order chi connectivity index (χ1) is 12.2. The monoisotopic (exact) mass is 379 g/mol. The highest BCUT2D eigenvalue weighted by molar-refractivity contribution is 7.90. The summed E-state index contributed by atoms with van der Waals surface area (Å²) in [5.41, 5.74) is 3.50. The number of rotatable bonds is 7. The summed E-state index contributed by atoms with van der Waals surface area (Å²) in [5.74, 6) is -0.303. The highest BCUT2D eigenvalue weighted by Gasteiger charge is 2.28. The minimum Gasteiger partial charge on any atom is -0.351 e. The van der Waals surface area contributed by atoms with Crippen LogP contribution in [0.1, 0.15) is 36.8 Å². The second kappa shape index (κ2) is 8.68. The molecule has 1 aromatic carbocycles. The Morgan fingerprint density at radius 2 is 1.92 bits per heavy atom. The van der Waals surface area contributed by atoms with Crippen LogP contribution in [0.25, 0.3) is 0 Å². The predicted molar refractivity (Wildman–Crippen MR) is 105 cm³/mol. The van der Waals surface area contributed by atoms with Crippen molar-refractivity contribution in [1.29, 1.82) is 0 Å². The molecule has 0 atom stereocenters. The van der Waals surface area contributed by atoms with Gasteiger partial charge in [-0.25, -0.2) is 4.31 Å². The van der Waals surface area contributed by atoms with E-state index in [1.807, 2.05) is 26.0 Å². The van der Waals surface area contributed by atoms with Crippen LogP contribution >= 0.6 is 0 Å². The van der Waals surface area contributed by atoms with E-state index in [1.54, 1.807) is 6.07 Å². The Labute approximate surface area is 157 Å². The smallest absolute Gasteiger partial charge is 0.304 e. The van der Waals surface area contributed by atoms with Gasteiger partial charge in [-0.15, -0.1) is 0 Å². The van der Waals surface area contributed by atoms with Crippen molar-refractivity contribution in [3.05, 3.63) is 41.0 Å². The lowest BCUT2D eigenvalue weighted by atomic mass is 10.00. The van der Waals surface area contributed by atoms with E-state index in [1.165, 1.54) is 30.4 Å². The van der Waals surface area contributed by atoms with Gasteiger partial charge in [0.05, 0.1) is 5.69 Å². The summed E-state index contributed by atoms with van der Waals surface area (Å²) in [6, 6.07) is 5.59. The molecule has 0 saturated heterocycles. The molecular weight excluding hydrogens is 350 g/mol. The number of benzene rings is 1. The third-order valence-corrected chi connectivity index (χ3v) is 6.36. The largest absolute Gasteiger partial charge is 0.351 e. The molecule has 26 heavy (non-hydrogen) atoms. The molecule has 1 amide bonds. The molecule has 0 spiro atoms. The average Bonchev–Trinajstić information content (AvgIpc) is 2.60. The van der Waals surface area contributed by atoms with Crippen LogP contribution in [-0.2, 0) is 15.0 Å². The molecule has 0 heterocycles. The summed E-state index contributed by atoms with van der Waals surface area (Å²) in [6.07, 6.45) is 6.55. The van der Waals surface area contributed by atoms with Crippen LogP contribution in [0.5, 0.6) is 0 Å². The van der Waals surface area contributed by atoms with Gasteiger partial charge >= 0.3 is 10.2 Å². The van der Waals surface area contributed by atoms with Crippen LogP contribution in [0, 0.1) is 13.8 Å². The number of carbonyl (C=O) groups excluding carboxylic acids is 1. The van der Waals surface area contributed by atoms with Crippen molar-refractivity contribution >= 4 is 21.8 Å². The number of aryl methyl sites for hydroxylation is 2. The number of nitrogens with zero attached hydrogens (tertiary/aromatic N) is 2. The number of amides is 1. The lowest BCUT2D eigenvalue weighted by Gasteiger charge is -2.28. The summed E-state index contributed by atoms with van der Waals surface area (Å²) < 4.78 is 27.9. The Hall–Kier alpha value is -1.86. The molecule has 1 aliphatic carbocycles. The maximum absolute atomic E-state index is 12.8. The van der Waals surface area contributed by atoms with E-state index >= 15 is 0 Å². The lowest BCUT2D eigenvalue weighted by molar-refractivity contribution is -0.119. The standard InChI is InChI=1S/C19H29N3O3S/c1-15-10-11-16(2)18(12-15)22(26(24,25)21(3)4)14-19(23)20-13-17-8-6-5-7-9-17/h8,10-12H,5-7,9,13-14H2,1-4H3,(H,20,23). The Balaban J connectivity index is 2.20. The maximum atomic E-state index is 12.8. The molecule has 144 valence electrons. The van der Waals surface area contributed by atoms with Gasteiger partial charge in [0, 0.05) is 20.6 Å². The van der Waals surface area contributed by atoms with E-state index in [-0.39, 0.29) is 12.5 Å². The first-order valence-corrected chi connectivity index (χ1v) is 10.3. The van der Waals surface area contributed by atoms with Crippen LogP contribution in [0.3, 0.4) is 0 Å². The SMILES string of the molecule is Cc1ccc(C)c(N(CC(=O)NCC2=CCCCC2)S(=O)(=O)N(C)C)c1. The molecule has 1 aromatic rings. The molecule has 2 rings (SSSR count). The average molecular weight is 380 g/mol. The van der Waals surface area contributed by atoms with Gasteiger partial charge in [0.25, 0.3) is 0 Å². The van der Waals surface area contributed by atoms with E-state index in [0.717, 1.165) is 34.7 Å². The van der Waals surface area contributed by atoms with Gasteiger partial charge < -0.3 is 5.32 Å². The van der Waals surface area contributed by atoms with Gasteiger partial charge in [0.15, 0.2) is 0 Å². The Kier molecular flexibility index (Phi) is 6.83. The van der Waals surface area contributed by atoms with E-state index in [4.69, 9.17) is 0 Å². The molecule has 0 fully saturated rings. The zero-order chi connectivity index (χ0) is 19.3. The van der Waals surface area contributed by atoms with Gasteiger partial charge in [0.1, 0.15) is 6.54 Å². The van der Waals surface area contributed by atoms with Crippen molar-refractivity contribution in [2.45, 2.75) is 39.5 Å². The van der Waals surface area contributed by atoms with Crippen molar-refractivity contribution in [3.63, 3.8) is 0 Å². The third kappa shape index (κ3) is 5.08. The number of nitrogens with one attached hydrogen (secondary N) is 1. The zero-order valence-corrected chi connectivity index (χ0v) is 16.9. The van der Waals surface area contributed by atoms with Crippen LogP contribution in [0.15, 0.2) is 29.8 Å². The van der Waals surface area contributed by atoms with E-state index < -0.39 is 10.2 Å². The fourth-order valence-corrected chi connectivity index (χ4v) is 4.06. The van der Waals surface area contributed by atoms with Gasteiger partial charge in [-0.05, 0) is 56.7 Å². The second-order valence-corrected chi connectivity index (χ2v) is 9.04. The lowest BCUT2D eigenvalue weighted by Crippen LogP contribution is -2.46. The summed E-state index contributed by atoms with van der Waals surface area (Å²) >= 11 is 0. The van der Waals surface area contributed by atoms with Crippen molar-refractivity contribution in [2.75, 3.05) is 31.5 Å². The number of hydrogen-bond donors (Lipinski definition) is 1. The van der Waals surface area contributed by atoms with Crippen LogP contribution in [0.2, 0.25) is 0 Å². The fraction of sp³-hybridized carbons (Fsp3) is 0.526. The van der Waals surface area contributed by atoms with Crippen molar-refractivity contribution in [1.82, 2.24) is 9.62 Å². The Morgan fingerprint density at radius 3 is 2.54 bits per heavy atom. The third-order valence-electron chi connectivity index (χ3n) is 4.56. The predicted octanol–water partition coefficient (Wildman–Crippen LogP) is 2.53. The second-order valence-electron chi connectivity index (χ2n) is 6.97. The van der Waals surface area contributed by atoms with Crippen molar-refractivity contribution < 1.29 is 13.2 Å². The first kappa shape index (κ1) is 20.5. The van der Waals surface area contributed by atoms with E-state index in [9.17, 15) is 13.2 Å². The maximum Gasteiger partial charge on any atom is 0.304 e. The summed E-state index contributed by atoms with van der Waals surface area (Å²) in [7, 11) is -0.837. The number of carbonyl (C=O) groups is 1. The Morgan fingerprint density at radius 1 is 1.19 bits per heavy atom. The fourth-order valence-electron chi connectivity index (χ4n) is 2.94. The summed E-state index contributed by atoms with van der Waals surface area (Å²) in [5, 5.41) is 2.87. The molecule has 0 bridgehead atoms. The molecule has 0 aliphatic heterocycles. The Bertz CT molecular complexity index is 785. The quantitative estimate of drug-likeness (QED) is 0.740. The van der Waals surface area contributed by atoms with Crippen LogP contribution < -0.4 is 9.62 Å². The molecule has 0 unspecified atom stereocenters. The topological polar surface area (TPSA) is 69.7 Å². The van der Waals surface area contributed by atoms with Gasteiger partial charge in [-0.1, -0.05) is 23.8 Å². The van der Waals surface area contributed by atoms with Crippen molar-refractivity contribution in [3.8, 4) is 0 Å². The number of allylic oxidation sites excluding steroid dienone is 1. The molecule has 6 nitrogen and oxygen atoms in total. The van der Waals surface area contributed by atoms with Gasteiger partial charge in [0.2, 0.25) is 5.91 Å². The highest BCUT2D eigenvalue weighted by atomic mass is 32.2. The highest BCUT2D eigenvalue weighted by Crippen LogP contribution is 2.25. The minimum atomic E-state index is -3.78. The molecule has 0 radical (unpaired) electrons. The molecular formula is C19H29N3O3S. The van der Waals surface area contributed by atoms with E-state index in [0.29, 0.717) is 12.2 Å². The molecule has 0 aromatic heterocycles. The van der Waals surface area contributed by atoms with Crippen LogP contribution in [0.4, 0.5) is 5.69 Å². The molecule has 1 aliphatic rings. The van der Waals surface area contributed by atoms with Gasteiger partial charge in [-0.2, -0.15) is 12.7 Å². The zero-order valence-electron chi connectivity index (χ0n) is 16.1. The first-order valence-electron chi connectivity index (χ1n) is 8.94. The molecule has 0 saturated carbocycles. The van der Waals surface area contributed by atoms with Crippen LogP contribution in [-0.4, -0.2) is 45.8 Å². The summed E-state index contributed by atoms with van der Waals surface area (Å²) in [6.45, 7) is 4.00. The van der Waals surface area contributed by atoms with Crippen molar-refractivity contribution in [2.24, 2.45) is 0 Å². The number of anilines is 1. The summed E-state index contributed by atoms with van der Waals surface area (Å²) in [4.78, 5) is 12.5.